The van der Waals surface area contributed by atoms with Crippen LogP contribution in [-0.2, 0) is 0 Å². The molecule has 0 saturated carbocycles. The van der Waals surface area contributed by atoms with Gasteiger partial charge in [-0.3, -0.25) is 4.90 Å². The Labute approximate surface area is 143 Å². The molecule has 0 spiro atoms. The summed E-state index contributed by atoms with van der Waals surface area (Å²) in [5.74, 6) is 1.47. The zero-order chi connectivity index (χ0) is 14.4. The quantitative estimate of drug-likeness (QED) is 0.843. The van der Waals surface area contributed by atoms with Crippen LogP contribution in [0.4, 0.5) is 0 Å². The number of likely N-dealkylation sites (tertiary alicyclic amines) is 1. The van der Waals surface area contributed by atoms with Crippen molar-refractivity contribution >= 4 is 35.6 Å². The van der Waals surface area contributed by atoms with E-state index < -0.39 is 0 Å². The van der Waals surface area contributed by atoms with Crippen molar-refractivity contribution in [3.05, 3.63) is 28.2 Å². The van der Waals surface area contributed by atoms with Crippen molar-refractivity contribution in [2.45, 2.75) is 12.8 Å². The Hall–Kier alpha value is -0.190. The zero-order valence-electron chi connectivity index (χ0n) is 12.3. The number of hydrogen-bond acceptors (Lipinski definition) is 3. The first-order valence-electron chi connectivity index (χ1n) is 7.14. The van der Waals surface area contributed by atoms with Crippen molar-refractivity contribution in [1.29, 1.82) is 0 Å². The molecule has 1 saturated heterocycles. The Balaban J connectivity index is 0.00000220. The smallest absolute Gasteiger partial charge is 0.138 e. The first-order chi connectivity index (χ1) is 9.69. The molecule has 1 unspecified atom stereocenters. The summed E-state index contributed by atoms with van der Waals surface area (Å²) < 4.78 is 5.74. The third kappa shape index (κ3) is 6.21. The fourth-order valence-electron chi connectivity index (χ4n) is 2.69. The number of nitrogens with one attached hydrogen (secondary N) is 1. The fraction of sp³-hybridized carbons (Fsp3) is 0.600. The van der Waals surface area contributed by atoms with Crippen molar-refractivity contribution in [3.8, 4) is 5.75 Å². The molecule has 0 aliphatic carbocycles. The molecule has 6 heteroatoms. The highest BCUT2D eigenvalue weighted by Gasteiger charge is 2.18. The van der Waals surface area contributed by atoms with Gasteiger partial charge in [-0.2, -0.15) is 0 Å². The Bertz CT molecular complexity index is 429. The molecule has 0 amide bonds. The summed E-state index contributed by atoms with van der Waals surface area (Å²) in [5.41, 5.74) is 0. The molecule has 120 valence electrons. The summed E-state index contributed by atoms with van der Waals surface area (Å²) in [4.78, 5) is 2.47. The molecule has 0 radical (unpaired) electrons. The van der Waals surface area contributed by atoms with Gasteiger partial charge in [0.2, 0.25) is 0 Å². The van der Waals surface area contributed by atoms with Gasteiger partial charge in [0.25, 0.3) is 0 Å². The maximum atomic E-state index is 6.08. The van der Waals surface area contributed by atoms with E-state index >= 15 is 0 Å². The van der Waals surface area contributed by atoms with Gasteiger partial charge in [0.05, 0.1) is 5.02 Å². The van der Waals surface area contributed by atoms with E-state index in [2.05, 4.69) is 10.2 Å². The minimum Gasteiger partial charge on any atom is -0.491 e. The van der Waals surface area contributed by atoms with Crippen molar-refractivity contribution in [3.63, 3.8) is 0 Å². The second-order valence-corrected chi connectivity index (χ2v) is 6.13. The van der Waals surface area contributed by atoms with Gasteiger partial charge in [-0.1, -0.05) is 23.2 Å². The van der Waals surface area contributed by atoms with Gasteiger partial charge in [-0.25, -0.2) is 0 Å². The van der Waals surface area contributed by atoms with Crippen LogP contribution in [0.3, 0.4) is 0 Å². The Morgan fingerprint density at radius 3 is 2.90 bits per heavy atom. The van der Waals surface area contributed by atoms with Gasteiger partial charge >= 0.3 is 0 Å². The van der Waals surface area contributed by atoms with Gasteiger partial charge in [-0.15, -0.1) is 12.4 Å². The van der Waals surface area contributed by atoms with Crippen LogP contribution in [0.25, 0.3) is 0 Å². The van der Waals surface area contributed by atoms with Crippen molar-refractivity contribution in [2.24, 2.45) is 5.92 Å². The molecule has 3 nitrogen and oxygen atoms in total. The van der Waals surface area contributed by atoms with E-state index in [0.29, 0.717) is 22.4 Å². The molecule has 1 aromatic carbocycles. The number of halogens is 3. The predicted octanol–water partition coefficient (Wildman–Crippen LogP) is 3.73. The molecule has 2 rings (SSSR count). The lowest BCUT2D eigenvalue weighted by molar-refractivity contribution is 0.146. The molecule has 1 fully saturated rings. The highest BCUT2D eigenvalue weighted by Crippen LogP contribution is 2.27. The maximum Gasteiger partial charge on any atom is 0.138 e. The Morgan fingerprint density at radius 2 is 2.19 bits per heavy atom. The van der Waals surface area contributed by atoms with E-state index in [1.807, 2.05) is 13.1 Å². The first-order valence-corrected chi connectivity index (χ1v) is 7.89. The zero-order valence-corrected chi connectivity index (χ0v) is 14.6. The third-order valence-electron chi connectivity index (χ3n) is 3.65. The van der Waals surface area contributed by atoms with Gasteiger partial charge in [0.15, 0.2) is 0 Å². The summed E-state index contributed by atoms with van der Waals surface area (Å²) in [6.45, 7) is 5.02. The lowest BCUT2D eigenvalue weighted by Crippen LogP contribution is -2.40. The van der Waals surface area contributed by atoms with E-state index in [1.54, 1.807) is 12.1 Å². The molecule has 1 atom stereocenters. The van der Waals surface area contributed by atoms with E-state index in [9.17, 15) is 0 Å². The van der Waals surface area contributed by atoms with Crippen LogP contribution in [0.15, 0.2) is 18.2 Å². The number of piperidine rings is 1. The largest absolute Gasteiger partial charge is 0.491 e. The molecule has 1 heterocycles. The summed E-state index contributed by atoms with van der Waals surface area (Å²) in [6, 6.07) is 5.33. The van der Waals surface area contributed by atoms with Crippen molar-refractivity contribution in [1.82, 2.24) is 10.2 Å². The minimum atomic E-state index is 0. The number of hydrogen-bond donors (Lipinski definition) is 1. The van der Waals surface area contributed by atoms with Crippen LogP contribution in [0.2, 0.25) is 10.0 Å². The molecule has 1 aromatic rings. The van der Waals surface area contributed by atoms with Gasteiger partial charge in [0, 0.05) is 18.1 Å². The predicted molar refractivity (Wildman–Crippen MR) is 92.3 cm³/mol. The number of benzene rings is 1. The van der Waals surface area contributed by atoms with Crippen LogP contribution in [0, 0.1) is 5.92 Å². The van der Waals surface area contributed by atoms with E-state index in [1.165, 1.54) is 12.8 Å². The average molecular weight is 354 g/mol. The molecule has 0 aromatic heterocycles. The maximum absolute atomic E-state index is 6.08. The molecule has 0 bridgehead atoms. The SMILES string of the molecule is CNCC1CCCN(CCOc2ccc(Cl)cc2Cl)C1.Cl. The number of ether oxygens (including phenoxy) is 1. The van der Waals surface area contributed by atoms with Crippen molar-refractivity contribution in [2.75, 3.05) is 39.8 Å². The number of rotatable bonds is 6. The first kappa shape index (κ1) is 18.9. The van der Waals surface area contributed by atoms with Crippen LogP contribution in [-0.4, -0.2) is 44.7 Å². The fourth-order valence-corrected chi connectivity index (χ4v) is 3.15. The minimum absolute atomic E-state index is 0. The molecule has 1 aliphatic heterocycles. The molecule has 1 N–H and O–H groups in total. The molecule has 1 aliphatic rings. The summed E-state index contributed by atoms with van der Waals surface area (Å²) >= 11 is 11.9. The summed E-state index contributed by atoms with van der Waals surface area (Å²) in [5, 5.41) is 4.47. The van der Waals surface area contributed by atoms with Crippen LogP contribution >= 0.6 is 35.6 Å². The highest BCUT2D eigenvalue weighted by atomic mass is 35.5. The molecular formula is C15H23Cl3N2O. The molecule has 21 heavy (non-hydrogen) atoms. The van der Waals surface area contributed by atoms with E-state index in [-0.39, 0.29) is 12.4 Å². The van der Waals surface area contributed by atoms with Crippen LogP contribution < -0.4 is 10.1 Å². The van der Waals surface area contributed by atoms with E-state index in [0.717, 1.165) is 32.1 Å². The van der Waals surface area contributed by atoms with Gasteiger partial charge in [0.1, 0.15) is 12.4 Å². The van der Waals surface area contributed by atoms with Crippen LogP contribution in [0.1, 0.15) is 12.8 Å². The molecular weight excluding hydrogens is 331 g/mol. The third-order valence-corrected chi connectivity index (χ3v) is 4.19. The average Bonchev–Trinajstić information content (AvgIpc) is 2.42. The monoisotopic (exact) mass is 352 g/mol. The standard InChI is InChI=1S/C15H22Cl2N2O.ClH/c1-18-10-12-3-2-6-19(11-12)7-8-20-15-5-4-13(16)9-14(15)17;/h4-5,9,12,18H,2-3,6-8,10-11H2,1H3;1H. The highest BCUT2D eigenvalue weighted by molar-refractivity contribution is 6.35. The summed E-state index contributed by atoms with van der Waals surface area (Å²) in [6.07, 6.45) is 2.59. The van der Waals surface area contributed by atoms with Gasteiger partial charge < -0.3 is 10.1 Å². The number of nitrogens with zero attached hydrogens (tertiary/aromatic N) is 1. The Kier molecular flexibility index (Phi) is 8.76. The second kappa shape index (κ2) is 9.75. The normalized spacial score (nSPS) is 19.1. The van der Waals surface area contributed by atoms with Crippen molar-refractivity contribution < 1.29 is 4.74 Å². The second-order valence-electron chi connectivity index (χ2n) is 5.29. The van der Waals surface area contributed by atoms with Gasteiger partial charge in [-0.05, 0) is 57.1 Å². The van der Waals surface area contributed by atoms with E-state index in [4.69, 9.17) is 27.9 Å². The summed E-state index contributed by atoms with van der Waals surface area (Å²) in [7, 11) is 2.02. The lowest BCUT2D eigenvalue weighted by Gasteiger charge is -2.32. The van der Waals surface area contributed by atoms with Crippen LogP contribution in [0.5, 0.6) is 5.75 Å². The topological polar surface area (TPSA) is 24.5 Å². The lowest BCUT2D eigenvalue weighted by atomic mass is 9.98. The Morgan fingerprint density at radius 1 is 1.38 bits per heavy atom.